The van der Waals surface area contributed by atoms with E-state index in [2.05, 4.69) is 52.1 Å². The number of hydrogen-bond donors (Lipinski definition) is 3. The molecule has 0 aliphatic rings. The molecule has 0 fully saturated rings. The quantitative estimate of drug-likeness (QED) is 0.235. The van der Waals surface area contributed by atoms with Crippen molar-refractivity contribution in [2.45, 2.75) is 65.5 Å². The first kappa shape index (κ1) is 25.9. The van der Waals surface area contributed by atoms with Crippen LogP contribution >= 0.6 is 35.3 Å². The van der Waals surface area contributed by atoms with Gasteiger partial charge >= 0.3 is 6.09 Å². The largest absolute Gasteiger partial charge is 0.444 e. The molecule has 3 N–H and O–H groups in total. The van der Waals surface area contributed by atoms with Crippen LogP contribution in [0.2, 0.25) is 0 Å². The molecule has 0 radical (unpaired) electrons. The first-order valence-electron chi connectivity index (χ1n) is 8.87. The van der Waals surface area contributed by atoms with Crippen molar-refractivity contribution in [1.82, 2.24) is 20.9 Å². The number of guanidine groups is 1. The second kappa shape index (κ2) is 11.7. The minimum atomic E-state index is -0.475. The van der Waals surface area contributed by atoms with Gasteiger partial charge in [-0.05, 0) is 27.2 Å². The van der Waals surface area contributed by atoms with Crippen LogP contribution in [0.25, 0.3) is 0 Å². The first-order chi connectivity index (χ1) is 12.0. The normalized spacial score (nSPS) is 12.2. The van der Waals surface area contributed by atoms with Crippen molar-refractivity contribution in [2.75, 3.05) is 20.1 Å². The maximum atomic E-state index is 11.5. The van der Waals surface area contributed by atoms with Gasteiger partial charge in [0, 0.05) is 30.9 Å². The van der Waals surface area contributed by atoms with Gasteiger partial charge in [0.1, 0.15) is 10.6 Å². The van der Waals surface area contributed by atoms with Crippen LogP contribution in [0.5, 0.6) is 0 Å². The van der Waals surface area contributed by atoms with Crippen LogP contribution in [-0.4, -0.2) is 42.8 Å². The van der Waals surface area contributed by atoms with Crippen molar-refractivity contribution in [1.29, 1.82) is 0 Å². The number of ether oxygens (including phenoxy) is 1. The second-order valence-electron chi connectivity index (χ2n) is 8.01. The summed E-state index contributed by atoms with van der Waals surface area (Å²) in [5.41, 5.74) is 0.697. The zero-order chi connectivity index (χ0) is 19.8. The van der Waals surface area contributed by atoms with E-state index in [1.165, 1.54) is 0 Å². The smallest absolute Gasteiger partial charge is 0.407 e. The number of rotatable bonds is 6. The van der Waals surface area contributed by atoms with Gasteiger partial charge in [-0.2, -0.15) is 0 Å². The lowest BCUT2D eigenvalue weighted by atomic mass is 9.93. The summed E-state index contributed by atoms with van der Waals surface area (Å²) in [5, 5.41) is 12.4. The Bertz CT molecular complexity index is 606. The Morgan fingerprint density at radius 3 is 2.30 bits per heavy atom. The Morgan fingerprint density at radius 1 is 1.15 bits per heavy atom. The zero-order valence-electron chi connectivity index (χ0n) is 17.4. The first-order valence-corrected chi connectivity index (χ1v) is 9.75. The van der Waals surface area contributed by atoms with Gasteiger partial charge in [0.15, 0.2) is 5.96 Å². The molecule has 0 aromatic carbocycles. The lowest BCUT2D eigenvalue weighted by Gasteiger charge is -2.19. The van der Waals surface area contributed by atoms with Gasteiger partial charge in [0.25, 0.3) is 0 Å². The molecule has 0 aliphatic carbocycles. The number of thiazole rings is 1. The molecule has 27 heavy (non-hydrogen) atoms. The van der Waals surface area contributed by atoms with Crippen LogP contribution in [0, 0.1) is 0 Å². The van der Waals surface area contributed by atoms with E-state index >= 15 is 0 Å². The molecule has 1 rings (SSSR count). The summed E-state index contributed by atoms with van der Waals surface area (Å²) in [5.74, 6) is 0.717. The summed E-state index contributed by atoms with van der Waals surface area (Å²) in [7, 11) is 1.73. The molecule has 0 saturated heterocycles. The fraction of sp³-hybridized carbons (Fsp3) is 0.722. The van der Waals surface area contributed by atoms with Crippen molar-refractivity contribution in [3.63, 3.8) is 0 Å². The summed E-state index contributed by atoms with van der Waals surface area (Å²) < 4.78 is 5.19. The Balaban J connectivity index is 0.00000676. The third-order valence-electron chi connectivity index (χ3n) is 3.27. The van der Waals surface area contributed by atoms with E-state index in [0.717, 1.165) is 23.1 Å². The van der Waals surface area contributed by atoms with Gasteiger partial charge in [-0.25, -0.2) is 9.78 Å². The van der Waals surface area contributed by atoms with Crippen molar-refractivity contribution in [3.05, 3.63) is 16.1 Å². The molecule has 0 unspecified atom stereocenters. The Labute approximate surface area is 184 Å². The van der Waals surface area contributed by atoms with Crippen LogP contribution in [-0.2, 0) is 16.7 Å². The Hall–Kier alpha value is -1.10. The average molecular weight is 511 g/mol. The standard InChI is InChI=1S/C18H33N5O2S.HI/c1-17(2,3)13-12-26-14(23-13)11-22-15(19-7)20-9-8-10-21-16(24)25-18(4,5)6;/h12H,8-11H2,1-7H3,(H,21,24)(H2,19,20,22);1H. The van der Waals surface area contributed by atoms with Crippen LogP contribution < -0.4 is 16.0 Å². The number of aromatic nitrogens is 1. The molecule has 1 aromatic rings. The number of amides is 1. The van der Waals surface area contributed by atoms with E-state index in [1.807, 2.05) is 20.8 Å². The number of aliphatic imine (C=N–C) groups is 1. The minimum absolute atomic E-state index is 0. The highest BCUT2D eigenvalue weighted by atomic mass is 127. The van der Waals surface area contributed by atoms with Crippen LogP contribution in [0.1, 0.15) is 58.7 Å². The monoisotopic (exact) mass is 511 g/mol. The van der Waals surface area contributed by atoms with E-state index < -0.39 is 11.7 Å². The number of nitrogens with one attached hydrogen (secondary N) is 3. The molecule has 156 valence electrons. The predicted molar refractivity (Wildman–Crippen MR) is 123 cm³/mol. The number of hydrogen-bond acceptors (Lipinski definition) is 5. The summed E-state index contributed by atoms with van der Waals surface area (Å²) in [6.07, 6.45) is 0.379. The van der Waals surface area contributed by atoms with Gasteiger partial charge in [-0.1, -0.05) is 20.8 Å². The van der Waals surface area contributed by atoms with E-state index in [-0.39, 0.29) is 29.4 Å². The molecule has 0 aliphatic heterocycles. The summed E-state index contributed by atoms with van der Waals surface area (Å²) >= 11 is 1.65. The lowest BCUT2D eigenvalue weighted by Crippen LogP contribution is -2.39. The van der Waals surface area contributed by atoms with Gasteiger partial charge in [0.05, 0.1) is 12.2 Å². The topological polar surface area (TPSA) is 87.6 Å². The molecule has 7 nitrogen and oxygen atoms in total. The molecular weight excluding hydrogens is 477 g/mol. The molecule has 0 atom stereocenters. The lowest BCUT2D eigenvalue weighted by molar-refractivity contribution is 0.0527. The fourth-order valence-corrected chi connectivity index (χ4v) is 2.88. The van der Waals surface area contributed by atoms with E-state index in [4.69, 9.17) is 4.74 Å². The van der Waals surface area contributed by atoms with Gasteiger partial charge in [-0.3, -0.25) is 4.99 Å². The average Bonchev–Trinajstić information content (AvgIpc) is 2.97. The minimum Gasteiger partial charge on any atom is -0.444 e. The van der Waals surface area contributed by atoms with E-state index in [0.29, 0.717) is 19.6 Å². The van der Waals surface area contributed by atoms with Crippen LogP contribution in [0.3, 0.4) is 0 Å². The summed E-state index contributed by atoms with van der Waals surface area (Å²) in [6.45, 7) is 13.9. The van der Waals surface area contributed by atoms with Gasteiger partial charge < -0.3 is 20.7 Å². The molecule has 1 amide bonds. The predicted octanol–water partition coefficient (Wildman–Crippen LogP) is 3.64. The maximum absolute atomic E-state index is 11.5. The number of carbonyl (C=O) groups excluding carboxylic acids is 1. The molecule has 1 aromatic heterocycles. The van der Waals surface area contributed by atoms with Gasteiger partial charge in [0.2, 0.25) is 0 Å². The molecule has 0 saturated carbocycles. The summed E-state index contributed by atoms with van der Waals surface area (Å²) in [4.78, 5) is 20.4. The fourth-order valence-electron chi connectivity index (χ4n) is 1.92. The van der Waals surface area contributed by atoms with E-state index in [1.54, 1.807) is 18.4 Å². The number of alkyl carbamates (subject to hydrolysis) is 1. The highest BCUT2D eigenvalue weighted by molar-refractivity contribution is 14.0. The third kappa shape index (κ3) is 11.4. The number of carbonyl (C=O) groups is 1. The summed E-state index contributed by atoms with van der Waals surface area (Å²) in [6, 6.07) is 0. The number of nitrogens with zero attached hydrogens (tertiary/aromatic N) is 2. The van der Waals surface area contributed by atoms with Crippen LogP contribution in [0.4, 0.5) is 4.79 Å². The van der Waals surface area contributed by atoms with Crippen molar-refractivity contribution < 1.29 is 9.53 Å². The number of halogens is 1. The maximum Gasteiger partial charge on any atom is 0.407 e. The third-order valence-corrected chi connectivity index (χ3v) is 4.11. The molecule has 9 heteroatoms. The Morgan fingerprint density at radius 2 is 1.78 bits per heavy atom. The highest BCUT2D eigenvalue weighted by Crippen LogP contribution is 2.23. The van der Waals surface area contributed by atoms with Crippen molar-refractivity contribution in [2.24, 2.45) is 4.99 Å². The van der Waals surface area contributed by atoms with E-state index in [9.17, 15) is 4.79 Å². The zero-order valence-corrected chi connectivity index (χ0v) is 20.6. The molecule has 1 heterocycles. The molecule has 0 bridgehead atoms. The second-order valence-corrected chi connectivity index (χ2v) is 8.95. The Kier molecular flexibility index (Phi) is 11.2. The van der Waals surface area contributed by atoms with Crippen molar-refractivity contribution in [3.8, 4) is 0 Å². The SMILES string of the molecule is CN=C(NCCCNC(=O)OC(C)(C)C)NCc1nc(C(C)(C)C)cs1.I. The molecule has 0 spiro atoms. The van der Waals surface area contributed by atoms with Crippen LogP contribution in [0.15, 0.2) is 10.4 Å². The highest BCUT2D eigenvalue weighted by Gasteiger charge is 2.17. The van der Waals surface area contributed by atoms with Gasteiger partial charge in [-0.15, -0.1) is 35.3 Å². The molecular formula is C18H34IN5O2S. The van der Waals surface area contributed by atoms with Crippen molar-refractivity contribution >= 4 is 47.4 Å².